The van der Waals surface area contributed by atoms with Crippen molar-refractivity contribution in [3.8, 4) is 0 Å². The van der Waals surface area contributed by atoms with E-state index in [2.05, 4.69) is 5.32 Å². The van der Waals surface area contributed by atoms with Crippen molar-refractivity contribution in [2.75, 3.05) is 31.3 Å². The van der Waals surface area contributed by atoms with Crippen molar-refractivity contribution in [2.45, 2.75) is 11.3 Å². The number of anilines is 1. The van der Waals surface area contributed by atoms with E-state index in [9.17, 15) is 13.2 Å². The van der Waals surface area contributed by atoms with Crippen LogP contribution in [0.4, 0.5) is 5.69 Å². The third kappa shape index (κ3) is 2.26. The molecular formula is C12H16N2O3S. The Morgan fingerprint density at radius 2 is 2.11 bits per heavy atom. The number of likely N-dealkylation sites (N-methyl/N-ethyl adjacent to an activating group) is 1. The summed E-state index contributed by atoms with van der Waals surface area (Å²) in [6.45, 7) is 0.415. The second kappa shape index (κ2) is 4.70. The lowest BCUT2D eigenvalue weighted by Crippen LogP contribution is -2.20. The predicted molar refractivity (Wildman–Crippen MR) is 69.5 cm³/mol. The van der Waals surface area contributed by atoms with Crippen molar-refractivity contribution in [3.63, 3.8) is 0 Å². The number of hydrogen-bond donors (Lipinski definition) is 1. The molecule has 0 saturated heterocycles. The lowest BCUT2D eigenvalue weighted by atomic mass is 10.2. The average molecular weight is 268 g/mol. The van der Waals surface area contributed by atoms with Crippen LogP contribution < -0.4 is 10.2 Å². The van der Waals surface area contributed by atoms with Gasteiger partial charge in [0.05, 0.1) is 17.1 Å². The first kappa shape index (κ1) is 13.0. The molecular weight excluding hydrogens is 252 g/mol. The summed E-state index contributed by atoms with van der Waals surface area (Å²) in [6, 6.07) is 4.88. The summed E-state index contributed by atoms with van der Waals surface area (Å²) in [4.78, 5) is 13.4. The highest BCUT2D eigenvalue weighted by Gasteiger charge is 2.25. The second-order valence-corrected chi connectivity index (χ2v) is 6.45. The largest absolute Gasteiger partial charge is 0.319 e. The summed E-state index contributed by atoms with van der Waals surface area (Å²) in [6.07, 6.45) is 0.279. The summed E-state index contributed by atoms with van der Waals surface area (Å²) in [5.41, 5.74) is 1.58. The molecule has 1 N–H and O–H groups in total. The molecule has 0 radical (unpaired) electrons. The molecule has 18 heavy (non-hydrogen) atoms. The van der Waals surface area contributed by atoms with Gasteiger partial charge in [0.25, 0.3) is 0 Å². The van der Waals surface area contributed by atoms with Gasteiger partial charge in [-0.1, -0.05) is 0 Å². The molecule has 5 nitrogen and oxygen atoms in total. The van der Waals surface area contributed by atoms with Gasteiger partial charge >= 0.3 is 0 Å². The van der Waals surface area contributed by atoms with E-state index in [1.807, 2.05) is 0 Å². The molecule has 0 fully saturated rings. The molecule has 1 aromatic rings. The molecule has 0 atom stereocenters. The summed E-state index contributed by atoms with van der Waals surface area (Å²) in [5, 5.41) is 2.82. The SMILES string of the molecule is CNCCS(=O)(=O)c1ccc2c(c1)CC(=O)N2C. The smallest absolute Gasteiger partial charge is 0.231 e. The predicted octanol–water partition coefficient (Wildman–Crippen LogP) is 0.199. The Labute approximate surface area is 107 Å². The zero-order chi connectivity index (χ0) is 13.3. The molecule has 0 unspecified atom stereocenters. The molecule has 6 heteroatoms. The monoisotopic (exact) mass is 268 g/mol. The van der Waals surface area contributed by atoms with Gasteiger partial charge in [-0.15, -0.1) is 0 Å². The maximum atomic E-state index is 12.0. The van der Waals surface area contributed by atoms with Crippen molar-refractivity contribution in [1.29, 1.82) is 0 Å². The molecule has 0 aromatic heterocycles. The topological polar surface area (TPSA) is 66.5 Å². The Morgan fingerprint density at radius 3 is 2.78 bits per heavy atom. The Kier molecular flexibility index (Phi) is 3.41. The average Bonchev–Trinajstić information content (AvgIpc) is 2.62. The molecule has 1 aliphatic heterocycles. The van der Waals surface area contributed by atoms with E-state index in [-0.39, 0.29) is 18.1 Å². The van der Waals surface area contributed by atoms with Gasteiger partial charge in [0.15, 0.2) is 9.84 Å². The van der Waals surface area contributed by atoms with E-state index in [4.69, 9.17) is 0 Å². The molecule has 1 heterocycles. The van der Waals surface area contributed by atoms with Crippen molar-refractivity contribution in [2.24, 2.45) is 0 Å². The number of sulfone groups is 1. The fourth-order valence-corrected chi connectivity index (χ4v) is 3.30. The van der Waals surface area contributed by atoms with E-state index < -0.39 is 9.84 Å². The third-order valence-electron chi connectivity index (χ3n) is 3.11. The van der Waals surface area contributed by atoms with Crippen LogP contribution in [0.25, 0.3) is 0 Å². The minimum Gasteiger partial charge on any atom is -0.319 e. The minimum absolute atomic E-state index is 0.00484. The Balaban J connectivity index is 2.34. The van der Waals surface area contributed by atoms with E-state index in [1.54, 1.807) is 37.2 Å². The van der Waals surface area contributed by atoms with Crippen LogP contribution in [0.5, 0.6) is 0 Å². The number of nitrogens with one attached hydrogen (secondary N) is 1. The standard InChI is InChI=1S/C12H16N2O3S/c1-13-5-6-18(16,17)10-3-4-11-9(7-10)8-12(15)14(11)2/h3-4,7,13H,5-6,8H2,1-2H3. The van der Waals surface area contributed by atoms with Gasteiger partial charge in [-0.25, -0.2) is 8.42 Å². The zero-order valence-corrected chi connectivity index (χ0v) is 11.3. The number of hydrogen-bond acceptors (Lipinski definition) is 4. The second-order valence-electron chi connectivity index (χ2n) is 4.34. The third-order valence-corrected chi connectivity index (χ3v) is 4.82. The van der Waals surface area contributed by atoms with Gasteiger partial charge in [0.2, 0.25) is 5.91 Å². The molecule has 0 aliphatic carbocycles. The summed E-state index contributed by atoms with van der Waals surface area (Å²) in [7, 11) is 0.141. The van der Waals surface area contributed by atoms with Crippen molar-refractivity contribution < 1.29 is 13.2 Å². The van der Waals surface area contributed by atoms with E-state index in [0.717, 1.165) is 11.3 Å². The van der Waals surface area contributed by atoms with Crippen molar-refractivity contribution in [1.82, 2.24) is 5.32 Å². The normalized spacial score (nSPS) is 15.0. The lowest BCUT2D eigenvalue weighted by molar-refractivity contribution is -0.117. The van der Waals surface area contributed by atoms with Gasteiger partial charge in [0.1, 0.15) is 0 Å². The van der Waals surface area contributed by atoms with Crippen LogP contribution in [0.2, 0.25) is 0 Å². The van der Waals surface area contributed by atoms with Crippen LogP contribution in [0, 0.1) is 0 Å². The number of carbonyl (C=O) groups is 1. The highest BCUT2D eigenvalue weighted by molar-refractivity contribution is 7.91. The van der Waals surface area contributed by atoms with Crippen LogP contribution in [0.3, 0.4) is 0 Å². The molecule has 2 rings (SSSR count). The first-order valence-corrected chi connectivity index (χ1v) is 7.38. The van der Waals surface area contributed by atoms with E-state index >= 15 is 0 Å². The maximum absolute atomic E-state index is 12.0. The fourth-order valence-electron chi connectivity index (χ4n) is 1.99. The van der Waals surface area contributed by atoms with Gasteiger partial charge in [-0.3, -0.25) is 4.79 Å². The quantitative estimate of drug-likeness (QED) is 0.847. The molecule has 1 aliphatic rings. The number of rotatable bonds is 4. The van der Waals surface area contributed by atoms with Crippen LogP contribution in [0.15, 0.2) is 23.1 Å². The van der Waals surface area contributed by atoms with Crippen LogP contribution >= 0.6 is 0 Å². The Hall–Kier alpha value is -1.40. The molecule has 0 bridgehead atoms. The molecule has 0 saturated carbocycles. The summed E-state index contributed by atoms with van der Waals surface area (Å²) < 4.78 is 24.0. The molecule has 0 spiro atoms. The highest BCUT2D eigenvalue weighted by atomic mass is 32.2. The lowest BCUT2D eigenvalue weighted by Gasteiger charge is -2.10. The van der Waals surface area contributed by atoms with Gasteiger partial charge in [-0.2, -0.15) is 0 Å². The Bertz CT molecular complexity index is 581. The van der Waals surface area contributed by atoms with Crippen LogP contribution in [-0.4, -0.2) is 40.7 Å². The highest BCUT2D eigenvalue weighted by Crippen LogP contribution is 2.29. The summed E-state index contributed by atoms with van der Waals surface area (Å²) in [5.74, 6) is 0.0567. The molecule has 1 amide bonds. The van der Waals surface area contributed by atoms with Crippen molar-refractivity contribution in [3.05, 3.63) is 23.8 Å². The summed E-state index contributed by atoms with van der Waals surface area (Å²) >= 11 is 0. The number of fused-ring (bicyclic) bond motifs is 1. The van der Waals surface area contributed by atoms with Crippen LogP contribution in [0.1, 0.15) is 5.56 Å². The van der Waals surface area contributed by atoms with E-state index in [1.165, 1.54) is 0 Å². The first-order valence-electron chi connectivity index (χ1n) is 5.72. The number of amides is 1. The number of carbonyl (C=O) groups excluding carboxylic acids is 1. The van der Waals surface area contributed by atoms with E-state index in [0.29, 0.717) is 11.4 Å². The fraction of sp³-hybridized carbons (Fsp3) is 0.417. The minimum atomic E-state index is -3.27. The van der Waals surface area contributed by atoms with Gasteiger partial charge in [0, 0.05) is 19.3 Å². The van der Waals surface area contributed by atoms with Crippen LogP contribution in [-0.2, 0) is 21.1 Å². The molecule has 1 aromatic carbocycles. The first-order chi connectivity index (χ1) is 8.45. The molecule has 98 valence electrons. The van der Waals surface area contributed by atoms with Gasteiger partial charge < -0.3 is 10.2 Å². The Morgan fingerprint density at radius 1 is 1.39 bits per heavy atom. The number of nitrogens with zero attached hydrogens (tertiary/aromatic N) is 1. The zero-order valence-electron chi connectivity index (χ0n) is 10.4. The maximum Gasteiger partial charge on any atom is 0.231 e. The van der Waals surface area contributed by atoms with Gasteiger partial charge in [-0.05, 0) is 30.8 Å². The number of benzene rings is 1. The van der Waals surface area contributed by atoms with Crippen molar-refractivity contribution >= 4 is 21.4 Å².